The van der Waals surface area contributed by atoms with Gasteiger partial charge in [-0.2, -0.15) is 5.10 Å². The SMILES string of the molecule is CC(C)C1Cn2nccc2CN1C(C)C. The summed E-state index contributed by atoms with van der Waals surface area (Å²) < 4.78 is 2.16. The van der Waals surface area contributed by atoms with Crippen LogP contribution in [0.15, 0.2) is 12.3 Å². The van der Waals surface area contributed by atoms with Crippen molar-refractivity contribution in [3.63, 3.8) is 0 Å². The van der Waals surface area contributed by atoms with Crippen LogP contribution < -0.4 is 0 Å². The van der Waals surface area contributed by atoms with E-state index in [0.717, 1.165) is 13.1 Å². The second-order valence-corrected chi connectivity index (χ2v) is 5.08. The lowest BCUT2D eigenvalue weighted by Crippen LogP contribution is -2.49. The van der Waals surface area contributed by atoms with Crippen molar-refractivity contribution in [1.29, 1.82) is 0 Å². The van der Waals surface area contributed by atoms with Gasteiger partial charge in [-0.05, 0) is 25.8 Å². The van der Waals surface area contributed by atoms with Gasteiger partial charge < -0.3 is 0 Å². The molecule has 0 fully saturated rings. The lowest BCUT2D eigenvalue weighted by Gasteiger charge is -2.41. The Kier molecular flexibility index (Phi) is 2.83. The molecule has 0 bridgehead atoms. The summed E-state index contributed by atoms with van der Waals surface area (Å²) >= 11 is 0. The molecule has 3 heteroatoms. The van der Waals surface area contributed by atoms with Gasteiger partial charge in [0, 0.05) is 24.8 Å². The van der Waals surface area contributed by atoms with Crippen molar-refractivity contribution in [3.05, 3.63) is 18.0 Å². The average molecular weight is 207 g/mol. The zero-order chi connectivity index (χ0) is 11.0. The molecule has 1 atom stereocenters. The number of rotatable bonds is 2. The highest BCUT2D eigenvalue weighted by molar-refractivity contribution is 5.05. The molecule has 0 saturated carbocycles. The summed E-state index contributed by atoms with van der Waals surface area (Å²) in [5, 5.41) is 4.37. The maximum atomic E-state index is 4.37. The van der Waals surface area contributed by atoms with E-state index >= 15 is 0 Å². The molecule has 2 rings (SSSR count). The Morgan fingerprint density at radius 2 is 2.07 bits per heavy atom. The Morgan fingerprint density at radius 3 is 2.67 bits per heavy atom. The summed E-state index contributed by atoms with van der Waals surface area (Å²) in [7, 11) is 0. The number of hydrogen-bond acceptors (Lipinski definition) is 2. The molecule has 0 radical (unpaired) electrons. The fraction of sp³-hybridized carbons (Fsp3) is 0.750. The lowest BCUT2D eigenvalue weighted by atomic mass is 9.99. The van der Waals surface area contributed by atoms with Crippen molar-refractivity contribution in [3.8, 4) is 0 Å². The average Bonchev–Trinajstić information content (AvgIpc) is 2.61. The Bertz CT molecular complexity index is 297. The fourth-order valence-corrected chi connectivity index (χ4v) is 2.40. The highest BCUT2D eigenvalue weighted by Gasteiger charge is 2.30. The minimum absolute atomic E-state index is 0.612. The van der Waals surface area contributed by atoms with E-state index in [1.807, 2.05) is 6.20 Å². The second-order valence-electron chi connectivity index (χ2n) is 5.08. The summed E-state index contributed by atoms with van der Waals surface area (Å²) in [5.74, 6) is 0.685. The molecule has 0 aliphatic carbocycles. The van der Waals surface area contributed by atoms with E-state index in [1.54, 1.807) is 0 Å². The van der Waals surface area contributed by atoms with Gasteiger partial charge in [-0.15, -0.1) is 0 Å². The van der Waals surface area contributed by atoms with Crippen LogP contribution in [-0.4, -0.2) is 26.8 Å². The van der Waals surface area contributed by atoms with Crippen LogP contribution in [0.25, 0.3) is 0 Å². The Hall–Kier alpha value is -0.830. The fourth-order valence-electron chi connectivity index (χ4n) is 2.40. The molecule has 1 aromatic rings. The van der Waals surface area contributed by atoms with Crippen LogP contribution in [0.5, 0.6) is 0 Å². The molecule has 0 aromatic carbocycles. The van der Waals surface area contributed by atoms with Gasteiger partial charge in [0.1, 0.15) is 0 Å². The van der Waals surface area contributed by atoms with Gasteiger partial charge in [0.25, 0.3) is 0 Å². The molecule has 2 heterocycles. The predicted octanol–water partition coefficient (Wildman–Crippen LogP) is 2.13. The standard InChI is InChI=1S/C12H21N3/c1-9(2)12-8-15-11(5-6-13-15)7-14(12)10(3)4/h5-6,9-10,12H,7-8H2,1-4H3. The predicted molar refractivity (Wildman–Crippen MR) is 61.5 cm³/mol. The highest BCUT2D eigenvalue weighted by atomic mass is 15.4. The molecular formula is C12H21N3. The van der Waals surface area contributed by atoms with Crippen molar-refractivity contribution >= 4 is 0 Å². The van der Waals surface area contributed by atoms with Crippen LogP contribution in [0.2, 0.25) is 0 Å². The molecule has 0 N–H and O–H groups in total. The number of hydrogen-bond donors (Lipinski definition) is 0. The maximum Gasteiger partial charge on any atom is 0.0571 e. The first kappa shape index (κ1) is 10.7. The minimum atomic E-state index is 0.612. The highest BCUT2D eigenvalue weighted by Crippen LogP contribution is 2.23. The summed E-state index contributed by atoms with van der Waals surface area (Å²) in [5.41, 5.74) is 1.35. The van der Waals surface area contributed by atoms with Crippen molar-refractivity contribution < 1.29 is 0 Å². The normalized spacial score (nSPS) is 22.4. The van der Waals surface area contributed by atoms with E-state index in [2.05, 4.69) is 48.4 Å². The van der Waals surface area contributed by atoms with Crippen LogP contribution in [0, 0.1) is 5.92 Å². The Morgan fingerprint density at radius 1 is 1.33 bits per heavy atom. The van der Waals surface area contributed by atoms with Crippen molar-refractivity contribution in [2.24, 2.45) is 5.92 Å². The zero-order valence-electron chi connectivity index (χ0n) is 10.1. The molecule has 0 amide bonds. The first-order valence-electron chi connectivity index (χ1n) is 5.86. The third-order valence-electron chi connectivity index (χ3n) is 3.37. The van der Waals surface area contributed by atoms with Gasteiger partial charge in [0.15, 0.2) is 0 Å². The van der Waals surface area contributed by atoms with Gasteiger partial charge in [-0.25, -0.2) is 0 Å². The molecule has 1 aliphatic rings. The van der Waals surface area contributed by atoms with Gasteiger partial charge in [-0.1, -0.05) is 13.8 Å². The topological polar surface area (TPSA) is 21.1 Å². The van der Waals surface area contributed by atoms with Gasteiger partial charge >= 0.3 is 0 Å². The number of aromatic nitrogens is 2. The molecule has 0 saturated heterocycles. The molecular weight excluding hydrogens is 186 g/mol. The minimum Gasteiger partial charge on any atom is -0.290 e. The van der Waals surface area contributed by atoms with Gasteiger partial charge in [0.2, 0.25) is 0 Å². The molecule has 1 unspecified atom stereocenters. The summed E-state index contributed by atoms with van der Waals surface area (Å²) in [6.45, 7) is 11.2. The third kappa shape index (κ3) is 1.93. The maximum absolute atomic E-state index is 4.37. The van der Waals surface area contributed by atoms with Crippen LogP contribution >= 0.6 is 0 Å². The largest absolute Gasteiger partial charge is 0.290 e. The number of nitrogens with zero attached hydrogens (tertiary/aromatic N) is 3. The quantitative estimate of drug-likeness (QED) is 0.741. The van der Waals surface area contributed by atoms with Crippen LogP contribution in [0.4, 0.5) is 0 Å². The monoisotopic (exact) mass is 207 g/mol. The van der Waals surface area contributed by atoms with E-state index in [1.165, 1.54) is 5.69 Å². The lowest BCUT2D eigenvalue weighted by molar-refractivity contribution is 0.0676. The molecule has 15 heavy (non-hydrogen) atoms. The molecule has 1 aromatic heterocycles. The van der Waals surface area contributed by atoms with E-state index in [0.29, 0.717) is 18.0 Å². The van der Waals surface area contributed by atoms with Crippen molar-refractivity contribution in [1.82, 2.24) is 14.7 Å². The summed E-state index contributed by atoms with van der Waals surface area (Å²) in [6, 6.07) is 3.37. The summed E-state index contributed by atoms with van der Waals surface area (Å²) in [4.78, 5) is 2.58. The first-order chi connectivity index (χ1) is 7.09. The van der Waals surface area contributed by atoms with E-state index in [9.17, 15) is 0 Å². The van der Waals surface area contributed by atoms with Crippen LogP contribution in [-0.2, 0) is 13.1 Å². The molecule has 0 spiro atoms. The Balaban J connectivity index is 2.25. The molecule has 1 aliphatic heterocycles. The first-order valence-corrected chi connectivity index (χ1v) is 5.86. The smallest absolute Gasteiger partial charge is 0.0571 e. The van der Waals surface area contributed by atoms with E-state index < -0.39 is 0 Å². The van der Waals surface area contributed by atoms with Gasteiger partial charge in [0.05, 0.1) is 12.2 Å². The van der Waals surface area contributed by atoms with Crippen molar-refractivity contribution in [2.45, 2.75) is 52.9 Å². The molecule has 3 nitrogen and oxygen atoms in total. The Labute approximate surface area is 92.1 Å². The van der Waals surface area contributed by atoms with Crippen molar-refractivity contribution in [2.75, 3.05) is 0 Å². The van der Waals surface area contributed by atoms with Crippen LogP contribution in [0.1, 0.15) is 33.4 Å². The van der Waals surface area contributed by atoms with E-state index in [4.69, 9.17) is 0 Å². The second kappa shape index (κ2) is 3.97. The third-order valence-corrected chi connectivity index (χ3v) is 3.37. The van der Waals surface area contributed by atoms with Crippen LogP contribution in [0.3, 0.4) is 0 Å². The zero-order valence-corrected chi connectivity index (χ0v) is 10.1. The van der Waals surface area contributed by atoms with Gasteiger partial charge in [-0.3, -0.25) is 9.58 Å². The summed E-state index contributed by atoms with van der Waals surface area (Å²) in [6.07, 6.45) is 1.91. The molecule has 84 valence electrons. The van der Waals surface area contributed by atoms with E-state index in [-0.39, 0.29) is 0 Å². The number of fused-ring (bicyclic) bond motifs is 1.